The average Bonchev–Trinajstić information content (AvgIpc) is 2.34. The molecule has 18 heavy (non-hydrogen) atoms. The van der Waals surface area contributed by atoms with Gasteiger partial charge in [0.15, 0.2) is 12.4 Å². The Morgan fingerprint density at radius 2 is 1.72 bits per heavy atom. The Balaban J connectivity index is 2.39. The standard InChI is InChI=1S/C12H12BrNO4/c13-9-3-1-8(2-4-9)10(15)5-6-12(17)18-7-11(14)16/h1-4H,5-7H2,(H2,14,16). The van der Waals surface area contributed by atoms with Crippen molar-refractivity contribution in [1.29, 1.82) is 0 Å². The third kappa shape index (κ3) is 5.09. The number of ether oxygens (including phenoxy) is 1. The second-order valence-electron chi connectivity index (χ2n) is 3.56. The minimum atomic E-state index is -0.720. The van der Waals surface area contributed by atoms with Gasteiger partial charge in [-0.1, -0.05) is 28.1 Å². The maximum atomic E-state index is 11.7. The van der Waals surface area contributed by atoms with Crippen LogP contribution in [-0.2, 0) is 14.3 Å². The highest BCUT2D eigenvalue weighted by Gasteiger charge is 2.10. The first kappa shape index (κ1) is 14.4. The van der Waals surface area contributed by atoms with Crippen LogP contribution in [0.4, 0.5) is 0 Å². The van der Waals surface area contributed by atoms with Gasteiger partial charge >= 0.3 is 5.97 Å². The summed E-state index contributed by atoms with van der Waals surface area (Å²) < 4.78 is 5.41. The molecule has 0 fully saturated rings. The van der Waals surface area contributed by atoms with Crippen molar-refractivity contribution < 1.29 is 19.1 Å². The van der Waals surface area contributed by atoms with E-state index in [0.29, 0.717) is 5.56 Å². The van der Waals surface area contributed by atoms with E-state index in [0.717, 1.165) is 4.47 Å². The van der Waals surface area contributed by atoms with Crippen LogP contribution in [0.3, 0.4) is 0 Å². The lowest BCUT2D eigenvalue weighted by Gasteiger charge is -2.02. The smallest absolute Gasteiger partial charge is 0.306 e. The highest BCUT2D eigenvalue weighted by atomic mass is 79.9. The van der Waals surface area contributed by atoms with Crippen molar-refractivity contribution in [2.24, 2.45) is 5.73 Å². The van der Waals surface area contributed by atoms with Crippen LogP contribution >= 0.6 is 15.9 Å². The average molecular weight is 314 g/mol. The Hall–Kier alpha value is -1.69. The lowest BCUT2D eigenvalue weighted by Crippen LogP contribution is -2.21. The number of nitrogens with two attached hydrogens (primary N) is 1. The molecular weight excluding hydrogens is 302 g/mol. The van der Waals surface area contributed by atoms with Gasteiger partial charge in [-0.15, -0.1) is 0 Å². The van der Waals surface area contributed by atoms with E-state index in [1.54, 1.807) is 24.3 Å². The minimum Gasteiger partial charge on any atom is -0.456 e. The Morgan fingerprint density at radius 1 is 1.11 bits per heavy atom. The summed E-state index contributed by atoms with van der Waals surface area (Å²) in [5, 5.41) is 0. The van der Waals surface area contributed by atoms with Crippen LogP contribution in [-0.4, -0.2) is 24.3 Å². The van der Waals surface area contributed by atoms with E-state index in [4.69, 9.17) is 5.73 Å². The van der Waals surface area contributed by atoms with E-state index in [9.17, 15) is 14.4 Å². The van der Waals surface area contributed by atoms with E-state index in [1.165, 1.54) is 0 Å². The van der Waals surface area contributed by atoms with Gasteiger partial charge in [-0.25, -0.2) is 0 Å². The summed E-state index contributed by atoms with van der Waals surface area (Å²) >= 11 is 3.26. The first-order valence-corrected chi connectivity index (χ1v) is 6.01. The first-order valence-electron chi connectivity index (χ1n) is 5.21. The van der Waals surface area contributed by atoms with Gasteiger partial charge in [-0.2, -0.15) is 0 Å². The van der Waals surface area contributed by atoms with Crippen LogP contribution in [0.1, 0.15) is 23.2 Å². The zero-order chi connectivity index (χ0) is 13.5. The Bertz CT molecular complexity index is 456. The lowest BCUT2D eigenvalue weighted by atomic mass is 10.1. The molecule has 1 amide bonds. The second-order valence-corrected chi connectivity index (χ2v) is 4.47. The summed E-state index contributed by atoms with van der Waals surface area (Å²) in [5.41, 5.74) is 5.34. The van der Waals surface area contributed by atoms with Crippen molar-refractivity contribution in [2.75, 3.05) is 6.61 Å². The zero-order valence-corrected chi connectivity index (χ0v) is 11.1. The fraction of sp³-hybridized carbons (Fsp3) is 0.250. The number of carbonyl (C=O) groups excluding carboxylic acids is 3. The van der Waals surface area contributed by atoms with Crippen molar-refractivity contribution >= 4 is 33.6 Å². The van der Waals surface area contributed by atoms with Crippen molar-refractivity contribution in [3.05, 3.63) is 34.3 Å². The molecule has 0 atom stereocenters. The number of primary amides is 1. The van der Waals surface area contributed by atoms with Gasteiger partial charge in [0.05, 0.1) is 6.42 Å². The molecule has 0 unspecified atom stereocenters. The van der Waals surface area contributed by atoms with Crippen LogP contribution in [0.25, 0.3) is 0 Å². The largest absolute Gasteiger partial charge is 0.456 e. The van der Waals surface area contributed by atoms with Gasteiger partial charge in [0, 0.05) is 16.5 Å². The second kappa shape index (κ2) is 6.90. The number of esters is 1. The molecule has 0 saturated heterocycles. The highest BCUT2D eigenvalue weighted by Crippen LogP contribution is 2.12. The molecule has 5 nitrogen and oxygen atoms in total. The third-order valence-electron chi connectivity index (χ3n) is 2.10. The van der Waals surface area contributed by atoms with Gasteiger partial charge in [-0.05, 0) is 12.1 Å². The van der Waals surface area contributed by atoms with Crippen LogP contribution in [0, 0.1) is 0 Å². The SMILES string of the molecule is NC(=O)COC(=O)CCC(=O)c1ccc(Br)cc1. The van der Waals surface area contributed by atoms with Gasteiger partial charge in [-0.3, -0.25) is 14.4 Å². The monoisotopic (exact) mass is 313 g/mol. The topological polar surface area (TPSA) is 86.5 Å². The Morgan fingerprint density at radius 3 is 2.28 bits per heavy atom. The molecule has 0 aromatic heterocycles. The number of Topliss-reactive ketones (excluding diaryl/α,β-unsaturated/α-hetero) is 1. The number of amides is 1. The molecule has 2 N–H and O–H groups in total. The summed E-state index contributed by atoms with van der Waals surface area (Å²) in [6.45, 7) is -0.453. The molecule has 0 bridgehead atoms. The van der Waals surface area contributed by atoms with Crippen molar-refractivity contribution in [3.63, 3.8) is 0 Å². The van der Waals surface area contributed by atoms with Gasteiger partial charge in [0.25, 0.3) is 5.91 Å². The predicted molar refractivity (Wildman–Crippen MR) is 67.9 cm³/mol. The van der Waals surface area contributed by atoms with E-state index >= 15 is 0 Å². The van der Waals surface area contributed by atoms with E-state index in [2.05, 4.69) is 20.7 Å². The molecule has 0 radical (unpaired) electrons. The van der Waals surface area contributed by atoms with E-state index in [-0.39, 0.29) is 18.6 Å². The molecule has 1 aromatic carbocycles. The van der Waals surface area contributed by atoms with E-state index < -0.39 is 18.5 Å². The lowest BCUT2D eigenvalue weighted by molar-refractivity contribution is -0.147. The molecule has 6 heteroatoms. The number of ketones is 1. The summed E-state index contributed by atoms with van der Waals surface area (Å²) in [7, 11) is 0. The van der Waals surface area contributed by atoms with Crippen LogP contribution in [0.15, 0.2) is 28.7 Å². The quantitative estimate of drug-likeness (QED) is 0.636. The third-order valence-corrected chi connectivity index (χ3v) is 2.63. The highest BCUT2D eigenvalue weighted by molar-refractivity contribution is 9.10. The van der Waals surface area contributed by atoms with Gasteiger partial charge < -0.3 is 10.5 Å². The molecule has 0 heterocycles. The van der Waals surface area contributed by atoms with Crippen molar-refractivity contribution in [2.45, 2.75) is 12.8 Å². The summed E-state index contributed by atoms with van der Waals surface area (Å²) in [6.07, 6.45) is -0.0264. The Kier molecular flexibility index (Phi) is 5.51. The first-order chi connectivity index (χ1) is 8.49. The summed E-state index contributed by atoms with van der Waals surface area (Å²) in [6, 6.07) is 6.83. The summed E-state index contributed by atoms with van der Waals surface area (Å²) in [5.74, 6) is -1.49. The molecular formula is C12H12BrNO4. The fourth-order valence-corrected chi connectivity index (χ4v) is 1.48. The maximum absolute atomic E-state index is 11.7. The number of hydrogen-bond donors (Lipinski definition) is 1. The van der Waals surface area contributed by atoms with Crippen LogP contribution in [0.2, 0.25) is 0 Å². The molecule has 1 aromatic rings. The molecule has 0 saturated carbocycles. The number of halogens is 1. The Labute approximate surface area is 112 Å². The number of rotatable bonds is 6. The number of hydrogen-bond acceptors (Lipinski definition) is 4. The molecule has 96 valence electrons. The van der Waals surface area contributed by atoms with Gasteiger partial charge in [0.2, 0.25) is 0 Å². The molecule has 0 aliphatic heterocycles. The molecule has 0 aliphatic rings. The molecule has 1 rings (SSSR count). The number of benzene rings is 1. The van der Waals surface area contributed by atoms with Crippen molar-refractivity contribution in [1.82, 2.24) is 0 Å². The fourth-order valence-electron chi connectivity index (χ4n) is 1.22. The zero-order valence-electron chi connectivity index (χ0n) is 9.52. The van der Waals surface area contributed by atoms with Crippen LogP contribution in [0.5, 0.6) is 0 Å². The summed E-state index contributed by atoms with van der Waals surface area (Å²) in [4.78, 5) is 33.2. The number of carbonyl (C=O) groups is 3. The normalized spacial score (nSPS) is 9.83. The minimum absolute atomic E-state index is 0.0409. The van der Waals surface area contributed by atoms with Crippen molar-refractivity contribution in [3.8, 4) is 0 Å². The maximum Gasteiger partial charge on any atom is 0.306 e. The molecule has 0 spiro atoms. The van der Waals surface area contributed by atoms with Gasteiger partial charge in [0.1, 0.15) is 0 Å². The predicted octanol–water partition coefficient (Wildman–Crippen LogP) is 1.44. The molecule has 0 aliphatic carbocycles. The van der Waals surface area contributed by atoms with E-state index in [1.807, 2.05) is 0 Å². The van der Waals surface area contributed by atoms with Crippen LogP contribution < -0.4 is 5.73 Å².